The lowest BCUT2D eigenvalue weighted by Gasteiger charge is -2.39. The number of benzene rings is 2. The van der Waals surface area contributed by atoms with Gasteiger partial charge in [-0.15, -0.1) is 0 Å². The topological polar surface area (TPSA) is 95.9 Å². The second-order valence-electron chi connectivity index (χ2n) is 10.1. The van der Waals surface area contributed by atoms with E-state index < -0.39 is 12.1 Å². The molecule has 2 N–H and O–H groups in total. The van der Waals surface area contributed by atoms with E-state index in [0.29, 0.717) is 25.8 Å². The average Bonchev–Trinajstić information content (AvgIpc) is 3.32. The van der Waals surface area contributed by atoms with Gasteiger partial charge in [-0.25, -0.2) is 4.79 Å². The van der Waals surface area contributed by atoms with Crippen molar-refractivity contribution >= 4 is 18.0 Å². The van der Waals surface area contributed by atoms with Crippen LogP contribution in [0.25, 0.3) is 11.1 Å². The minimum Gasteiger partial charge on any atom is -0.481 e. The zero-order valence-corrected chi connectivity index (χ0v) is 20.0. The van der Waals surface area contributed by atoms with E-state index in [1.54, 1.807) is 0 Å². The Morgan fingerprint density at radius 1 is 1.00 bits per heavy atom. The van der Waals surface area contributed by atoms with Crippen molar-refractivity contribution in [1.29, 1.82) is 0 Å². The van der Waals surface area contributed by atoms with E-state index in [-0.39, 0.29) is 42.4 Å². The third-order valence-electron chi connectivity index (χ3n) is 7.95. The quantitative estimate of drug-likeness (QED) is 0.617. The van der Waals surface area contributed by atoms with E-state index in [2.05, 4.69) is 29.6 Å². The van der Waals surface area contributed by atoms with Crippen LogP contribution in [-0.4, -0.2) is 53.2 Å². The highest BCUT2D eigenvalue weighted by atomic mass is 16.5. The molecule has 0 spiro atoms. The fraction of sp³-hybridized carbons (Fsp3) is 0.464. The van der Waals surface area contributed by atoms with Gasteiger partial charge >= 0.3 is 12.1 Å². The van der Waals surface area contributed by atoms with Gasteiger partial charge in [0.25, 0.3) is 0 Å². The van der Waals surface area contributed by atoms with Gasteiger partial charge in [0.15, 0.2) is 0 Å². The number of carbonyl (C=O) groups excluding carboxylic acids is 2. The van der Waals surface area contributed by atoms with E-state index >= 15 is 0 Å². The van der Waals surface area contributed by atoms with Crippen LogP contribution in [0.3, 0.4) is 0 Å². The molecule has 2 bridgehead atoms. The molecular formula is C28H32N2O5. The van der Waals surface area contributed by atoms with E-state index in [1.165, 1.54) is 22.3 Å². The number of ether oxygens (including phenoxy) is 1. The number of hydrogen-bond acceptors (Lipinski definition) is 4. The van der Waals surface area contributed by atoms with Crippen molar-refractivity contribution in [2.45, 2.75) is 57.0 Å². The van der Waals surface area contributed by atoms with Crippen LogP contribution in [0.15, 0.2) is 48.5 Å². The Hall–Kier alpha value is -3.35. The van der Waals surface area contributed by atoms with Gasteiger partial charge in [0, 0.05) is 30.5 Å². The maximum atomic E-state index is 13.1. The molecule has 184 valence electrons. The van der Waals surface area contributed by atoms with E-state index in [1.807, 2.05) is 36.1 Å². The normalized spacial score (nSPS) is 23.3. The molecule has 0 radical (unpaired) electrons. The summed E-state index contributed by atoms with van der Waals surface area (Å²) < 4.78 is 5.58. The largest absolute Gasteiger partial charge is 0.481 e. The molecule has 0 aromatic heterocycles. The second kappa shape index (κ2) is 9.72. The van der Waals surface area contributed by atoms with E-state index in [0.717, 1.165) is 12.8 Å². The minimum atomic E-state index is -0.755. The number of aliphatic carboxylic acids is 1. The number of alkyl carbamates (subject to hydrolysis) is 1. The number of nitrogens with one attached hydrogen (secondary N) is 1. The van der Waals surface area contributed by atoms with Gasteiger partial charge in [-0.2, -0.15) is 0 Å². The third kappa shape index (κ3) is 4.51. The summed E-state index contributed by atoms with van der Waals surface area (Å²) in [5.41, 5.74) is 4.71. The highest BCUT2D eigenvalue weighted by Gasteiger charge is 2.45. The van der Waals surface area contributed by atoms with Gasteiger partial charge in [0.05, 0.1) is 5.92 Å². The zero-order chi connectivity index (χ0) is 24.5. The number of nitrogens with zero attached hydrogens (tertiary/aromatic N) is 1. The van der Waals surface area contributed by atoms with Crippen molar-refractivity contribution in [3.63, 3.8) is 0 Å². The van der Waals surface area contributed by atoms with Crippen LogP contribution < -0.4 is 5.32 Å². The van der Waals surface area contributed by atoms with Crippen molar-refractivity contribution in [3.05, 3.63) is 59.7 Å². The fourth-order valence-electron chi connectivity index (χ4n) is 6.16. The number of hydrogen-bond donors (Lipinski definition) is 2. The molecule has 2 aromatic rings. The van der Waals surface area contributed by atoms with Crippen molar-refractivity contribution in [3.8, 4) is 11.1 Å². The molecule has 7 nitrogen and oxygen atoms in total. The van der Waals surface area contributed by atoms with Crippen LogP contribution in [0.1, 0.15) is 56.1 Å². The maximum Gasteiger partial charge on any atom is 0.407 e. The zero-order valence-electron chi connectivity index (χ0n) is 20.0. The molecule has 3 aliphatic rings. The minimum absolute atomic E-state index is 0.0119. The van der Waals surface area contributed by atoms with Gasteiger partial charge in [-0.05, 0) is 54.4 Å². The second-order valence-corrected chi connectivity index (χ2v) is 10.1. The number of fused-ring (bicyclic) bond motifs is 5. The number of carbonyl (C=O) groups is 3. The molecule has 5 rings (SSSR count). The van der Waals surface area contributed by atoms with Crippen molar-refractivity contribution < 1.29 is 24.2 Å². The maximum absolute atomic E-state index is 13.1. The number of rotatable bonds is 7. The first-order chi connectivity index (χ1) is 16.9. The first-order valence-corrected chi connectivity index (χ1v) is 12.6. The van der Waals surface area contributed by atoms with Gasteiger partial charge < -0.3 is 20.1 Å². The first kappa shape index (κ1) is 23.4. The van der Waals surface area contributed by atoms with Gasteiger partial charge in [-0.3, -0.25) is 9.59 Å². The lowest BCUT2D eigenvalue weighted by atomic mass is 9.89. The first-order valence-electron chi connectivity index (χ1n) is 12.6. The van der Waals surface area contributed by atoms with Crippen LogP contribution >= 0.6 is 0 Å². The average molecular weight is 477 g/mol. The molecule has 0 saturated carbocycles. The third-order valence-corrected chi connectivity index (χ3v) is 7.95. The van der Waals surface area contributed by atoms with Crippen molar-refractivity contribution in [2.24, 2.45) is 11.8 Å². The molecule has 3 atom stereocenters. The summed E-state index contributed by atoms with van der Waals surface area (Å²) in [5, 5.41) is 12.2. The van der Waals surface area contributed by atoms with Crippen LogP contribution in [0.5, 0.6) is 0 Å². The Kier molecular flexibility index (Phi) is 6.50. The van der Waals surface area contributed by atoms with Crippen LogP contribution in [-0.2, 0) is 14.3 Å². The molecule has 2 fully saturated rings. The number of carboxylic acid groups (broad SMARTS) is 1. The smallest absolute Gasteiger partial charge is 0.407 e. The van der Waals surface area contributed by atoms with Crippen molar-refractivity contribution in [2.75, 3.05) is 13.2 Å². The van der Waals surface area contributed by atoms with Crippen LogP contribution in [0.2, 0.25) is 0 Å². The molecule has 35 heavy (non-hydrogen) atoms. The fourth-order valence-corrected chi connectivity index (χ4v) is 6.16. The number of amides is 2. The highest BCUT2D eigenvalue weighted by Crippen LogP contribution is 2.44. The van der Waals surface area contributed by atoms with Gasteiger partial charge in [0.1, 0.15) is 6.61 Å². The Balaban J connectivity index is 1.10. The summed E-state index contributed by atoms with van der Waals surface area (Å²) in [6.45, 7) is 2.49. The molecule has 2 saturated heterocycles. The lowest BCUT2D eigenvalue weighted by molar-refractivity contribution is -0.149. The van der Waals surface area contributed by atoms with Crippen LogP contribution in [0.4, 0.5) is 4.79 Å². The Morgan fingerprint density at radius 3 is 2.14 bits per heavy atom. The monoisotopic (exact) mass is 476 g/mol. The van der Waals surface area contributed by atoms with Gasteiger partial charge in [0.2, 0.25) is 5.91 Å². The Morgan fingerprint density at radius 2 is 1.57 bits per heavy atom. The summed E-state index contributed by atoms with van der Waals surface area (Å²) in [6.07, 6.45) is 2.88. The molecule has 2 aromatic carbocycles. The number of carboxylic acids is 1. The predicted octanol–water partition coefficient (Wildman–Crippen LogP) is 4.41. The highest BCUT2D eigenvalue weighted by molar-refractivity contribution is 5.81. The van der Waals surface area contributed by atoms with Gasteiger partial charge in [-0.1, -0.05) is 55.5 Å². The predicted molar refractivity (Wildman–Crippen MR) is 131 cm³/mol. The molecule has 2 amide bonds. The molecule has 2 heterocycles. The standard InChI is InChI=1S/C28H32N2O5/c1-17(26(31)30-19-10-11-20(30)15-18(14-19)27(32)33)12-13-29-28(34)35-16-25-23-8-4-2-6-21(23)22-7-3-5-9-24(22)25/h2-9,17-20,25H,10-16H2,1H3,(H,29,34)(H,32,33). The summed E-state index contributed by atoms with van der Waals surface area (Å²) in [7, 11) is 0. The van der Waals surface area contributed by atoms with Crippen LogP contribution in [0, 0.1) is 11.8 Å². The Labute approximate surface area is 205 Å². The molecular weight excluding hydrogens is 444 g/mol. The van der Waals surface area contributed by atoms with E-state index in [4.69, 9.17) is 4.74 Å². The molecule has 2 aliphatic heterocycles. The van der Waals surface area contributed by atoms with E-state index in [9.17, 15) is 19.5 Å². The summed E-state index contributed by atoms with van der Waals surface area (Å²) in [4.78, 5) is 38.8. The lowest BCUT2D eigenvalue weighted by Crippen LogP contribution is -2.50. The summed E-state index contributed by atoms with van der Waals surface area (Å²) >= 11 is 0. The molecule has 7 heteroatoms. The molecule has 1 aliphatic carbocycles. The number of piperidine rings is 1. The summed E-state index contributed by atoms with van der Waals surface area (Å²) in [5.74, 6) is -1.27. The summed E-state index contributed by atoms with van der Waals surface area (Å²) in [6, 6.07) is 16.5. The Bertz CT molecular complexity index is 1070. The van der Waals surface area contributed by atoms with Crippen molar-refractivity contribution in [1.82, 2.24) is 10.2 Å². The molecule has 3 unspecified atom stereocenters. The SMILES string of the molecule is CC(CCNC(=O)OCC1c2ccccc2-c2ccccc21)C(=O)N1C2CCC1CC(C(=O)O)C2.